The predicted molar refractivity (Wildman–Crippen MR) is 76.3 cm³/mol. The highest BCUT2D eigenvalue weighted by molar-refractivity contribution is 7.92. The molecule has 122 valence electrons. The Morgan fingerprint density at radius 2 is 2.00 bits per heavy atom. The molecule has 22 heavy (non-hydrogen) atoms. The normalized spacial score (nSPS) is 12.3. The molecular weight excluding hydrogens is 316 g/mol. The van der Waals surface area contributed by atoms with E-state index in [0.29, 0.717) is 11.4 Å². The highest BCUT2D eigenvalue weighted by Gasteiger charge is 2.21. The minimum absolute atomic E-state index is 0.0282. The van der Waals surface area contributed by atoms with Gasteiger partial charge in [0.15, 0.2) is 0 Å². The van der Waals surface area contributed by atoms with Crippen molar-refractivity contribution in [3.05, 3.63) is 24.3 Å². The largest absolute Gasteiger partial charge is 0.276 e. The van der Waals surface area contributed by atoms with Crippen LogP contribution in [0.25, 0.3) is 0 Å². The highest BCUT2D eigenvalue weighted by Crippen LogP contribution is 2.24. The third kappa shape index (κ3) is 3.62. The summed E-state index contributed by atoms with van der Waals surface area (Å²) >= 11 is 0. The molecule has 2 aromatic heterocycles. The first-order chi connectivity index (χ1) is 10.2. The minimum atomic E-state index is -3.90. The number of hydrogen-bond acceptors (Lipinski definition) is 4. The Morgan fingerprint density at radius 1 is 1.32 bits per heavy atom. The number of anilines is 1. The van der Waals surface area contributed by atoms with Crippen molar-refractivity contribution in [2.75, 3.05) is 4.72 Å². The molecule has 0 fully saturated rings. The van der Waals surface area contributed by atoms with Crippen LogP contribution in [0.4, 0.5) is 14.5 Å². The molecule has 0 unspecified atom stereocenters. The van der Waals surface area contributed by atoms with Crippen LogP contribution in [0.1, 0.15) is 25.5 Å². The summed E-state index contributed by atoms with van der Waals surface area (Å²) in [5.74, 6) is 0.0282. The Kier molecular flexibility index (Phi) is 4.50. The molecule has 0 atom stereocenters. The third-order valence-corrected chi connectivity index (χ3v) is 4.21. The maximum atomic E-state index is 12.3. The van der Waals surface area contributed by atoms with E-state index in [1.165, 1.54) is 4.68 Å². The molecule has 0 aromatic carbocycles. The number of aromatic nitrogens is 4. The average molecular weight is 333 g/mol. The second-order valence-corrected chi connectivity index (χ2v) is 6.83. The first-order valence-electron chi connectivity index (χ1n) is 6.56. The molecule has 0 aliphatic heterocycles. The number of nitrogens with one attached hydrogen (secondary N) is 1. The summed E-state index contributed by atoms with van der Waals surface area (Å²) in [7, 11) is -2.22. The lowest BCUT2D eigenvalue weighted by atomic mass is 10.1. The minimum Gasteiger partial charge on any atom is -0.276 e. The molecule has 0 radical (unpaired) electrons. The van der Waals surface area contributed by atoms with Gasteiger partial charge < -0.3 is 0 Å². The number of nitrogens with zero attached hydrogens (tertiary/aromatic N) is 4. The maximum Gasteiger partial charge on any atom is 0.265 e. The number of alkyl halides is 2. The molecule has 2 rings (SSSR count). The van der Waals surface area contributed by atoms with Crippen LogP contribution in [0.15, 0.2) is 23.5 Å². The van der Waals surface area contributed by atoms with Gasteiger partial charge in [-0.2, -0.15) is 10.2 Å². The van der Waals surface area contributed by atoms with Crippen molar-refractivity contribution in [2.24, 2.45) is 7.05 Å². The Balaban J connectivity index is 2.26. The fourth-order valence-corrected chi connectivity index (χ4v) is 2.95. The van der Waals surface area contributed by atoms with Gasteiger partial charge in [-0.1, -0.05) is 13.8 Å². The van der Waals surface area contributed by atoms with Crippen molar-refractivity contribution in [3.63, 3.8) is 0 Å². The molecule has 7 nitrogen and oxygen atoms in total. The van der Waals surface area contributed by atoms with Crippen molar-refractivity contribution >= 4 is 15.7 Å². The topological polar surface area (TPSA) is 81.8 Å². The fraction of sp³-hybridized carbons (Fsp3) is 0.500. The molecule has 10 heteroatoms. The monoisotopic (exact) mass is 333 g/mol. The van der Waals surface area contributed by atoms with E-state index in [1.807, 2.05) is 13.8 Å². The number of halogens is 2. The lowest BCUT2D eigenvalue weighted by molar-refractivity contribution is 0.121. The molecule has 2 heterocycles. The fourth-order valence-electron chi connectivity index (χ4n) is 1.94. The lowest BCUT2D eigenvalue weighted by Gasteiger charge is -2.07. The van der Waals surface area contributed by atoms with Crippen LogP contribution in [0.5, 0.6) is 0 Å². The molecule has 0 amide bonds. The van der Waals surface area contributed by atoms with Crippen molar-refractivity contribution in [1.29, 1.82) is 0 Å². The predicted octanol–water partition coefficient (Wildman–Crippen LogP) is 1.81. The van der Waals surface area contributed by atoms with Crippen LogP contribution < -0.4 is 4.72 Å². The zero-order valence-electron chi connectivity index (χ0n) is 12.4. The second-order valence-electron chi connectivity index (χ2n) is 5.15. The quantitative estimate of drug-likeness (QED) is 0.874. The van der Waals surface area contributed by atoms with E-state index in [1.54, 1.807) is 13.2 Å². The van der Waals surface area contributed by atoms with Gasteiger partial charge in [0.05, 0.1) is 17.6 Å². The molecule has 0 saturated carbocycles. The van der Waals surface area contributed by atoms with Crippen molar-refractivity contribution in [3.8, 4) is 0 Å². The van der Waals surface area contributed by atoms with Crippen LogP contribution >= 0.6 is 0 Å². The molecule has 2 aromatic rings. The number of sulfonamides is 1. The number of rotatable bonds is 6. The zero-order chi connectivity index (χ0) is 16.5. The van der Waals surface area contributed by atoms with Gasteiger partial charge in [0, 0.05) is 19.4 Å². The van der Waals surface area contributed by atoms with E-state index in [-0.39, 0.29) is 10.8 Å². The average Bonchev–Trinajstić information content (AvgIpc) is 2.95. The van der Waals surface area contributed by atoms with Crippen LogP contribution in [0.3, 0.4) is 0 Å². The van der Waals surface area contributed by atoms with Gasteiger partial charge in [0.2, 0.25) is 0 Å². The van der Waals surface area contributed by atoms with Crippen LogP contribution in [0.2, 0.25) is 0 Å². The molecule has 0 saturated heterocycles. The molecule has 1 N–H and O–H groups in total. The van der Waals surface area contributed by atoms with E-state index in [0.717, 1.165) is 17.1 Å². The zero-order valence-corrected chi connectivity index (χ0v) is 13.2. The van der Waals surface area contributed by atoms with Crippen molar-refractivity contribution < 1.29 is 17.2 Å². The highest BCUT2D eigenvalue weighted by atomic mass is 32.2. The Morgan fingerprint density at radius 3 is 2.59 bits per heavy atom. The van der Waals surface area contributed by atoms with Gasteiger partial charge in [-0.15, -0.1) is 0 Å². The van der Waals surface area contributed by atoms with Crippen LogP contribution in [0, 0.1) is 0 Å². The first kappa shape index (κ1) is 16.4. The van der Waals surface area contributed by atoms with Gasteiger partial charge in [-0.3, -0.25) is 14.1 Å². The summed E-state index contributed by atoms with van der Waals surface area (Å²) in [6.45, 7) is 3.13. The summed E-state index contributed by atoms with van der Waals surface area (Å²) in [4.78, 5) is -0.174. The smallest absolute Gasteiger partial charge is 0.265 e. The van der Waals surface area contributed by atoms with E-state index in [2.05, 4.69) is 14.9 Å². The van der Waals surface area contributed by atoms with Crippen LogP contribution in [-0.4, -0.2) is 34.4 Å². The SMILES string of the molecule is CC(C)c1nn(C)cc1NS(=O)(=O)c1cnn(CC(F)F)c1. The molecule has 0 bridgehead atoms. The summed E-state index contributed by atoms with van der Waals surface area (Å²) in [5.41, 5.74) is 0.963. The summed E-state index contributed by atoms with van der Waals surface area (Å²) in [6, 6.07) is 0. The maximum absolute atomic E-state index is 12.3. The molecule has 0 aliphatic carbocycles. The molecule has 0 spiro atoms. The Hall–Kier alpha value is -1.97. The van der Waals surface area contributed by atoms with E-state index >= 15 is 0 Å². The lowest BCUT2D eigenvalue weighted by Crippen LogP contribution is -2.13. The van der Waals surface area contributed by atoms with Gasteiger partial charge in [0.25, 0.3) is 16.4 Å². The standard InChI is InChI=1S/C12H17F2N5O2S/c1-8(2)12-10(6-18(3)16-12)17-22(20,21)9-4-15-19(5-9)7-11(13)14/h4-6,8,11,17H,7H2,1-3H3. The van der Waals surface area contributed by atoms with E-state index < -0.39 is 23.0 Å². The second kappa shape index (κ2) is 6.03. The third-order valence-electron chi connectivity index (χ3n) is 2.89. The van der Waals surface area contributed by atoms with Crippen molar-refractivity contribution in [2.45, 2.75) is 37.6 Å². The number of hydrogen-bond donors (Lipinski definition) is 1. The van der Waals surface area contributed by atoms with Gasteiger partial charge >= 0.3 is 0 Å². The molecular formula is C12H17F2N5O2S. The van der Waals surface area contributed by atoms with Crippen LogP contribution in [-0.2, 0) is 23.6 Å². The molecule has 0 aliphatic rings. The summed E-state index contributed by atoms with van der Waals surface area (Å²) < 4.78 is 54.0. The van der Waals surface area contributed by atoms with Gasteiger partial charge in [-0.05, 0) is 5.92 Å². The first-order valence-corrected chi connectivity index (χ1v) is 8.04. The van der Waals surface area contributed by atoms with Gasteiger partial charge in [-0.25, -0.2) is 17.2 Å². The Labute approximate surface area is 127 Å². The van der Waals surface area contributed by atoms with E-state index in [9.17, 15) is 17.2 Å². The number of aryl methyl sites for hydroxylation is 1. The van der Waals surface area contributed by atoms with Gasteiger partial charge in [0.1, 0.15) is 11.4 Å². The summed E-state index contributed by atoms with van der Waals surface area (Å²) in [6.07, 6.45) is 1.06. The summed E-state index contributed by atoms with van der Waals surface area (Å²) in [5, 5.41) is 7.83. The van der Waals surface area contributed by atoms with Crippen molar-refractivity contribution in [1.82, 2.24) is 19.6 Å². The van der Waals surface area contributed by atoms with E-state index in [4.69, 9.17) is 0 Å². The Bertz CT molecular complexity index is 751.